The molecular formula is C27H37N5O5. The minimum atomic E-state index is -0.556. The van der Waals surface area contributed by atoms with Crippen LogP contribution in [-0.4, -0.2) is 70.4 Å². The zero-order valence-electron chi connectivity index (χ0n) is 22.0. The standard InChI is InChI=1S/C27H37N5O5/c1-5-19(3)29-26(34)21-17-20(30-27(35)28-18-25(33)37-6-2)11-12-22(21)31-13-15-32(16-14-31)23-9-7-8-10-24(23)36-4/h7-12,17,19H,5-6,13-16,18H2,1-4H3,(H,29,34)(H2,28,30,35). The molecule has 3 rings (SSSR count). The Hall–Kier alpha value is -3.95. The first-order valence-electron chi connectivity index (χ1n) is 12.6. The van der Waals surface area contributed by atoms with Crippen LogP contribution in [0.15, 0.2) is 42.5 Å². The molecule has 1 fully saturated rings. The summed E-state index contributed by atoms with van der Waals surface area (Å²) < 4.78 is 10.3. The fourth-order valence-electron chi connectivity index (χ4n) is 4.09. The first-order chi connectivity index (χ1) is 17.9. The second-order valence-electron chi connectivity index (χ2n) is 8.77. The van der Waals surface area contributed by atoms with Gasteiger partial charge in [0.1, 0.15) is 12.3 Å². The molecule has 1 aliphatic heterocycles. The molecule has 2 aromatic carbocycles. The number of urea groups is 1. The predicted octanol–water partition coefficient (Wildman–Crippen LogP) is 3.23. The molecule has 1 unspecified atom stereocenters. The van der Waals surface area contributed by atoms with Crippen molar-refractivity contribution in [2.45, 2.75) is 33.2 Å². The molecule has 1 atom stereocenters. The molecule has 0 spiro atoms. The van der Waals surface area contributed by atoms with Crippen molar-refractivity contribution in [3.63, 3.8) is 0 Å². The number of benzene rings is 2. The molecule has 10 nitrogen and oxygen atoms in total. The van der Waals surface area contributed by atoms with Crippen LogP contribution in [0, 0.1) is 0 Å². The molecule has 0 saturated carbocycles. The molecule has 0 radical (unpaired) electrons. The van der Waals surface area contributed by atoms with Crippen molar-refractivity contribution in [1.82, 2.24) is 10.6 Å². The first kappa shape index (κ1) is 27.6. The summed E-state index contributed by atoms with van der Waals surface area (Å²) in [7, 11) is 1.67. The maximum atomic E-state index is 13.2. The van der Waals surface area contributed by atoms with Gasteiger partial charge in [0.15, 0.2) is 0 Å². The van der Waals surface area contributed by atoms with Gasteiger partial charge in [0, 0.05) is 43.6 Å². The third-order valence-corrected chi connectivity index (χ3v) is 6.23. The third-order valence-electron chi connectivity index (χ3n) is 6.23. The van der Waals surface area contributed by atoms with Gasteiger partial charge in [-0.3, -0.25) is 9.59 Å². The van der Waals surface area contributed by atoms with Crippen LogP contribution in [0.3, 0.4) is 0 Å². The Kier molecular flexibility index (Phi) is 10.00. The number of hydrogen-bond acceptors (Lipinski definition) is 7. The lowest BCUT2D eigenvalue weighted by molar-refractivity contribution is -0.141. The van der Waals surface area contributed by atoms with E-state index >= 15 is 0 Å². The number of hydrogen-bond donors (Lipinski definition) is 3. The van der Waals surface area contributed by atoms with Crippen LogP contribution in [0.4, 0.5) is 21.9 Å². The van der Waals surface area contributed by atoms with Crippen molar-refractivity contribution in [3.8, 4) is 5.75 Å². The van der Waals surface area contributed by atoms with Crippen LogP contribution in [0.25, 0.3) is 0 Å². The maximum absolute atomic E-state index is 13.2. The number of anilines is 3. The Labute approximate surface area is 218 Å². The van der Waals surface area contributed by atoms with E-state index in [-0.39, 0.29) is 25.1 Å². The monoisotopic (exact) mass is 511 g/mol. The van der Waals surface area contributed by atoms with Crippen LogP contribution in [0.2, 0.25) is 0 Å². The Morgan fingerprint density at radius 2 is 1.65 bits per heavy atom. The lowest BCUT2D eigenvalue weighted by Crippen LogP contribution is -2.47. The van der Waals surface area contributed by atoms with E-state index in [9.17, 15) is 14.4 Å². The van der Waals surface area contributed by atoms with Crippen molar-refractivity contribution in [3.05, 3.63) is 48.0 Å². The van der Waals surface area contributed by atoms with Gasteiger partial charge in [0.25, 0.3) is 5.91 Å². The number of rotatable bonds is 10. The highest BCUT2D eigenvalue weighted by molar-refractivity contribution is 6.02. The highest BCUT2D eigenvalue weighted by atomic mass is 16.5. The molecule has 0 bridgehead atoms. The highest BCUT2D eigenvalue weighted by Crippen LogP contribution is 2.31. The number of piperazine rings is 1. The first-order valence-corrected chi connectivity index (χ1v) is 12.6. The highest BCUT2D eigenvalue weighted by Gasteiger charge is 2.24. The summed E-state index contributed by atoms with van der Waals surface area (Å²) >= 11 is 0. The maximum Gasteiger partial charge on any atom is 0.325 e. The largest absolute Gasteiger partial charge is 0.495 e. The van der Waals surface area contributed by atoms with Crippen molar-refractivity contribution in [2.75, 3.05) is 61.6 Å². The Bertz CT molecular complexity index is 1080. The van der Waals surface area contributed by atoms with E-state index < -0.39 is 12.0 Å². The van der Waals surface area contributed by atoms with Gasteiger partial charge in [-0.05, 0) is 50.6 Å². The van der Waals surface area contributed by atoms with E-state index in [1.165, 1.54) is 0 Å². The van der Waals surface area contributed by atoms with E-state index in [1.54, 1.807) is 26.2 Å². The molecule has 3 amide bonds. The van der Waals surface area contributed by atoms with E-state index in [0.717, 1.165) is 36.6 Å². The number of carbonyl (C=O) groups is 3. The molecule has 1 saturated heterocycles. The van der Waals surface area contributed by atoms with Gasteiger partial charge in [-0.15, -0.1) is 0 Å². The van der Waals surface area contributed by atoms with E-state index in [2.05, 4.69) is 25.8 Å². The summed E-state index contributed by atoms with van der Waals surface area (Å²) in [6.45, 7) is 8.63. The Morgan fingerprint density at radius 3 is 2.30 bits per heavy atom. The molecule has 3 N–H and O–H groups in total. The second-order valence-corrected chi connectivity index (χ2v) is 8.77. The summed E-state index contributed by atoms with van der Waals surface area (Å²) in [4.78, 5) is 41.5. The Morgan fingerprint density at radius 1 is 0.973 bits per heavy atom. The fourth-order valence-corrected chi connectivity index (χ4v) is 4.09. The molecule has 1 heterocycles. The smallest absolute Gasteiger partial charge is 0.325 e. The molecule has 0 aromatic heterocycles. The number of para-hydroxylation sites is 2. The summed E-state index contributed by atoms with van der Waals surface area (Å²) in [5.41, 5.74) is 2.78. The molecular weight excluding hydrogens is 474 g/mol. The summed E-state index contributed by atoms with van der Waals surface area (Å²) in [6.07, 6.45) is 0.798. The summed E-state index contributed by atoms with van der Waals surface area (Å²) in [5.74, 6) is 0.113. The minimum absolute atomic E-state index is 0.00670. The van der Waals surface area contributed by atoms with Crippen LogP contribution in [-0.2, 0) is 9.53 Å². The molecule has 0 aliphatic carbocycles. The van der Waals surface area contributed by atoms with Gasteiger partial charge in [-0.2, -0.15) is 0 Å². The van der Waals surface area contributed by atoms with Crippen LogP contribution in [0.1, 0.15) is 37.6 Å². The number of nitrogens with zero attached hydrogens (tertiary/aromatic N) is 2. The number of carbonyl (C=O) groups excluding carboxylic acids is 3. The van der Waals surface area contributed by atoms with Gasteiger partial charge in [-0.1, -0.05) is 19.1 Å². The third kappa shape index (κ3) is 7.52. The van der Waals surface area contributed by atoms with Crippen molar-refractivity contribution < 1.29 is 23.9 Å². The van der Waals surface area contributed by atoms with E-state index in [4.69, 9.17) is 9.47 Å². The number of methoxy groups -OCH3 is 1. The average Bonchev–Trinajstić information content (AvgIpc) is 2.92. The van der Waals surface area contributed by atoms with Crippen molar-refractivity contribution >= 4 is 35.0 Å². The molecule has 1 aliphatic rings. The average molecular weight is 512 g/mol. The van der Waals surface area contributed by atoms with E-state index in [1.807, 2.05) is 44.2 Å². The van der Waals surface area contributed by atoms with Crippen LogP contribution in [0.5, 0.6) is 5.75 Å². The summed E-state index contributed by atoms with van der Waals surface area (Å²) in [6, 6.07) is 12.7. The zero-order chi connectivity index (χ0) is 26.8. The summed E-state index contributed by atoms with van der Waals surface area (Å²) in [5, 5.41) is 8.18. The van der Waals surface area contributed by atoms with Gasteiger partial charge in [0.2, 0.25) is 0 Å². The molecule has 2 aromatic rings. The number of amides is 3. The molecule has 200 valence electrons. The van der Waals surface area contributed by atoms with Crippen molar-refractivity contribution in [1.29, 1.82) is 0 Å². The number of esters is 1. The quantitative estimate of drug-likeness (QED) is 0.420. The predicted molar refractivity (Wildman–Crippen MR) is 145 cm³/mol. The van der Waals surface area contributed by atoms with Gasteiger partial charge in [-0.25, -0.2) is 4.79 Å². The molecule has 10 heteroatoms. The van der Waals surface area contributed by atoms with Gasteiger partial charge >= 0.3 is 12.0 Å². The van der Waals surface area contributed by atoms with Gasteiger partial charge in [0.05, 0.1) is 25.0 Å². The van der Waals surface area contributed by atoms with E-state index in [0.29, 0.717) is 24.3 Å². The number of ether oxygens (including phenoxy) is 2. The van der Waals surface area contributed by atoms with Crippen molar-refractivity contribution in [2.24, 2.45) is 0 Å². The Balaban J connectivity index is 1.75. The zero-order valence-corrected chi connectivity index (χ0v) is 22.0. The van der Waals surface area contributed by atoms with Gasteiger partial charge < -0.3 is 35.2 Å². The van der Waals surface area contributed by atoms with Crippen LogP contribution >= 0.6 is 0 Å². The minimum Gasteiger partial charge on any atom is -0.495 e. The lowest BCUT2D eigenvalue weighted by Gasteiger charge is -2.38. The van der Waals surface area contributed by atoms with Crippen LogP contribution < -0.4 is 30.5 Å². The SMILES string of the molecule is CCOC(=O)CNC(=O)Nc1ccc(N2CCN(c3ccccc3OC)CC2)c(C(=O)NC(C)CC)c1. The fraction of sp³-hybridized carbons (Fsp3) is 0.444. The topological polar surface area (TPSA) is 112 Å². The number of nitrogens with one attached hydrogen (secondary N) is 3. The molecule has 37 heavy (non-hydrogen) atoms. The second kappa shape index (κ2) is 13.4. The normalized spacial score (nSPS) is 13.9. The lowest BCUT2D eigenvalue weighted by atomic mass is 10.1.